The predicted octanol–water partition coefficient (Wildman–Crippen LogP) is 3.37. The fraction of sp³-hybridized carbons (Fsp3) is 0.435. The Labute approximate surface area is 197 Å². The van der Waals surface area contributed by atoms with Crippen molar-refractivity contribution in [3.05, 3.63) is 55.4 Å². The van der Waals surface area contributed by atoms with Crippen molar-refractivity contribution in [1.82, 2.24) is 24.5 Å². The third-order valence-corrected chi connectivity index (χ3v) is 8.52. The molecular weight excluding hydrogens is 458 g/mol. The molecule has 1 atom stereocenters. The summed E-state index contributed by atoms with van der Waals surface area (Å²) in [6, 6.07) is 7.17. The highest BCUT2D eigenvalue weighted by Gasteiger charge is 2.25. The Bertz CT molecular complexity index is 1470. The quantitative estimate of drug-likeness (QED) is 0.319. The number of ether oxygens (including phenoxy) is 1. The second-order valence-electron chi connectivity index (χ2n) is 8.52. The number of hydrogen-bond acceptors (Lipinski definition) is 8. The summed E-state index contributed by atoms with van der Waals surface area (Å²) in [6.45, 7) is 1.21. The van der Waals surface area contributed by atoms with E-state index >= 15 is 0 Å². The SMILES string of the molecule is O=c1c2ccccc2nnn1CSc1nc2sc3c(c2c(=O)n1CC1CCCO1)CCCC3. The summed E-state index contributed by atoms with van der Waals surface area (Å²) in [4.78, 5) is 33.6. The van der Waals surface area contributed by atoms with Gasteiger partial charge in [-0.25, -0.2) is 4.98 Å². The Morgan fingerprint density at radius 2 is 2.00 bits per heavy atom. The standard InChI is InChI=1S/C23H23N5O3S2/c29-21-15-7-1-3-9-17(15)25-26-28(21)13-32-23-24-20-19(16-8-2-4-10-18(16)33-20)22(30)27(23)12-14-6-5-11-31-14/h1,3,7,9,14H,2,4-6,8,10-13H2. The average Bonchev–Trinajstić information content (AvgIpc) is 3.48. The number of hydrogen-bond donors (Lipinski definition) is 0. The molecule has 8 nitrogen and oxygen atoms in total. The molecule has 0 saturated carbocycles. The van der Waals surface area contributed by atoms with Crippen LogP contribution in [-0.4, -0.2) is 37.3 Å². The molecule has 6 rings (SSSR count). The van der Waals surface area contributed by atoms with Gasteiger partial charge in [-0.3, -0.25) is 14.2 Å². The largest absolute Gasteiger partial charge is 0.376 e. The summed E-state index contributed by atoms with van der Waals surface area (Å²) in [6.07, 6.45) is 6.20. The minimum atomic E-state index is -0.200. The first-order valence-electron chi connectivity index (χ1n) is 11.3. The molecule has 1 unspecified atom stereocenters. The molecule has 1 aliphatic carbocycles. The molecule has 1 aromatic carbocycles. The molecule has 33 heavy (non-hydrogen) atoms. The van der Waals surface area contributed by atoms with Gasteiger partial charge in [0.1, 0.15) is 10.3 Å². The maximum Gasteiger partial charge on any atom is 0.278 e. The van der Waals surface area contributed by atoms with Gasteiger partial charge in [0.2, 0.25) is 0 Å². The maximum atomic E-state index is 13.7. The van der Waals surface area contributed by atoms with Crippen LogP contribution in [0.2, 0.25) is 0 Å². The van der Waals surface area contributed by atoms with Crippen LogP contribution in [0.15, 0.2) is 39.0 Å². The van der Waals surface area contributed by atoms with E-state index < -0.39 is 0 Å². The molecule has 4 heterocycles. The third-order valence-electron chi connectivity index (χ3n) is 6.40. The van der Waals surface area contributed by atoms with Crippen LogP contribution in [0.5, 0.6) is 0 Å². The van der Waals surface area contributed by atoms with Crippen LogP contribution in [0.4, 0.5) is 0 Å². The molecule has 4 aromatic rings. The molecule has 0 spiro atoms. The van der Waals surface area contributed by atoms with Gasteiger partial charge in [0.15, 0.2) is 5.16 Å². The molecule has 1 fully saturated rings. The van der Waals surface area contributed by atoms with Gasteiger partial charge in [-0.2, -0.15) is 4.68 Å². The van der Waals surface area contributed by atoms with Crippen LogP contribution in [0.3, 0.4) is 0 Å². The van der Waals surface area contributed by atoms with Gasteiger partial charge in [-0.1, -0.05) is 29.1 Å². The number of rotatable bonds is 5. The monoisotopic (exact) mass is 481 g/mol. The van der Waals surface area contributed by atoms with E-state index in [0.717, 1.165) is 55.3 Å². The lowest BCUT2D eigenvalue weighted by molar-refractivity contribution is 0.0937. The summed E-state index contributed by atoms with van der Waals surface area (Å²) in [5.74, 6) is 0.227. The van der Waals surface area contributed by atoms with Gasteiger partial charge in [-0.15, -0.1) is 16.4 Å². The van der Waals surface area contributed by atoms with Gasteiger partial charge in [-0.05, 0) is 56.2 Å². The lowest BCUT2D eigenvalue weighted by Gasteiger charge is -2.16. The second kappa shape index (κ2) is 8.66. The molecule has 10 heteroatoms. The number of fused-ring (bicyclic) bond motifs is 4. The molecule has 0 N–H and O–H groups in total. The van der Waals surface area contributed by atoms with E-state index in [9.17, 15) is 9.59 Å². The highest BCUT2D eigenvalue weighted by atomic mass is 32.2. The van der Waals surface area contributed by atoms with Crippen molar-refractivity contribution in [2.24, 2.45) is 0 Å². The summed E-state index contributed by atoms with van der Waals surface area (Å²) < 4.78 is 8.92. The topological polar surface area (TPSA) is 91.9 Å². The molecule has 0 bridgehead atoms. The van der Waals surface area contributed by atoms with Crippen LogP contribution < -0.4 is 11.1 Å². The van der Waals surface area contributed by atoms with Crippen LogP contribution in [0.25, 0.3) is 21.1 Å². The van der Waals surface area contributed by atoms with Crippen molar-refractivity contribution >= 4 is 44.2 Å². The van der Waals surface area contributed by atoms with Crippen molar-refractivity contribution in [3.63, 3.8) is 0 Å². The molecule has 170 valence electrons. The number of aryl methyl sites for hydroxylation is 2. The fourth-order valence-corrected chi connectivity index (χ4v) is 6.90. The van der Waals surface area contributed by atoms with E-state index in [-0.39, 0.29) is 23.1 Å². The zero-order valence-corrected chi connectivity index (χ0v) is 19.7. The molecule has 2 aliphatic rings. The zero-order valence-electron chi connectivity index (χ0n) is 18.0. The van der Waals surface area contributed by atoms with Crippen LogP contribution >= 0.6 is 23.1 Å². The Morgan fingerprint density at radius 1 is 1.12 bits per heavy atom. The Kier molecular flexibility index (Phi) is 5.51. The van der Waals surface area contributed by atoms with Gasteiger partial charge in [0, 0.05) is 11.5 Å². The van der Waals surface area contributed by atoms with Crippen molar-refractivity contribution in [1.29, 1.82) is 0 Å². The maximum absolute atomic E-state index is 13.7. The van der Waals surface area contributed by atoms with Crippen molar-refractivity contribution < 1.29 is 4.74 Å². The van der Waals surface area contributed by atoms with Crippen LogP contribution in [-0.2, 0) is 30.0 Å². The Morgan fingerprint density at radius 3 is 2.88 bits per heavy atom. The zero-order chi connectivity index (χ0) is 22.4. The number of nitrogens with zero attached hydrogens (tertiary/aromatic N) is 5. The lowest BCUT2D eigenvalue weighted by atomic mass is 9.97. The van der Waals surface area contributed by atoms with Crippen molar-refractivity contribution in [2.75, 3.05) is 6.61 Å². The Balaban J connectivity index is 1.41. The van der Waals surface area contributed by atoms with E-state index in [1.165, 1.54) is 26.9 Å². The minimum Gasteiger partial charge on any atom is -0.376 e. The molecule has 0 radical (unpaired) electrons. The predicted molar refractivity (Wildman–Crippen MR) is 129 cm³/mol. The van der Waals surface area contributed by atoms with Gasteiger partial charge in [0.05, 0.1) is 29.3 Å². The Hall–Kier alpha value is -2.56. The summed E-state index contributed by atoms with van der Waals surface area (Å²) in [5.41, 5.74) is 1.57. The second-order valence-corrected chi connectivity index (χ2v) is 10.5. The molecule has 3 aromatic heterocycles. The van der Waals surface area contributed by atoms with Gasteiger partial charge < -0.3 is 4.74 Å². The van der Waals surface area contributed by atoms with E-state index in [0.29, 0.717) is 22.6 Å². The van der Waals surface area contributed by atoms with E-state index in [2.05, 4.69) is 10.3 Å². The van der Waals surface area contributed by atoms with Crippen LogP contribution in [0.1, 0.15) is 36.1 Å². The van der Waals surface area contributed by atoms with Crippen LogP contribution in [0, 0.1) is 0 Å². The molecule has 1 aliphatic heterocycles. The summed E-state index contributed by atoms with van der Waals surface area (Å²) >= 11 is 2.99. The minimum absolute atomic E-state index is 0.00865. The van der Waals surface area contributed by atoms with Gasteiger partial charge >= 0.3 is 0 Å². The molecule has 1 saturated heterocycles. The van der Waals surface area contributed by atoms with Crippen molar-refractivity contribution in [3.8, 4) is 0 Å². The van der Waals surface area contributed by atoms with E-state index in [1.807, 2.05) is 12.1 Å². The normalized spacial score (nSPS) is 18.2. The number of aromatic nitrogens is 5. The van der Waals surface area contributed by atoms with E-state index in [1.54, 1.807) is 28.0 Å². The molecule has 0 amide bonds. The average molecular weight is 482 g/mol. The van der Waals surface area contributed by atoms with Crippen molar-refractivity contribution in [2.45, 2.75) is 62.2 Å². The number of thiophene rings is 1. The highest BCUT2D eigenvalue weighted by molar-refractivity contribution is 7.98. The highest BCUT2D eigenvalue weighted by Crippen LogP contribution is 2.35. The summed E-state index contributed by atoms with van der Waals surface area (Å²) in [7, 11) is 0. The first-order chi connectivity index (χ1) is 16.2. The fourth-order valence-electron chi connectivity index (χ4n) is 4.71. The number of thioether (sulfide) groups is 1. The summed E-state index contributed by atoms with van der Waals surface area (Å²) in [5, 5.41) is 10.2. The van der Waals surface area contributed by atoms with Gasteiger partial charge in [0.25, 0.3) is 11.1 Å². The number of benzene rings is 1. The third kappa shape index (κ3) is 3.79. The first-order valence-corrected chi connectivity index (χ1v) is 13.1. The first kappa shape index (κ1) is 21.0. The van der Waals surface area contributed by atoms with E-state index in [4.69, 9.17) is 9.72 Å². The lowest BCUT2D eigenvalue weighted by Crippen LogP contribution is -2.29. The molecular formula is C23H23N5O3S2. The smallest absolute Gasteiger partial charge is 0.278 e.